The van der Waals surface area contributed by atoms with Crippen LogP contribution in [0.3, 0.4) is 0 Å². The standard InChI is InChI=1S/C17H15ClN4O2S.CH5N3.ClH/c1-11-14(10-20-17(19)21-11)12-7-8-15(18)16(9-12)25(23,24)22-13-5-3-2-4-6-13;2-1(3)4;/h2-10,22H,1H3,(H2,19,20,21);(H5,2,3,4);1H. The molecule has 0 aliphatic carbocycles. The summed E-state index contributed by atoms with van der Waals surface area (Å²) < 4.78 is 27.9. The predicted octanol–water partition coefficient (Wildman–Crippen LogP) is 2.75. The van der Waals surface area contributed by atoms with Crippen molar-refractivity contribution in [3.05, 3.63) is 65.4 Å². The molecule has 0 bridgehead atoms. The number of nitrogens with zero attached hydrogens (tertiary/aromatic N) is 2. The fraction of sp³-hybridized carbons (Fsp3) is 0.0556. The van der Waals surface area contributed by atoms with Crippen molar-refractivity contribution < 1.29 is 8.42 Å². The van der Waals surface area contributed by atoms with Gasteiger partial charge in [-0.2, -0.15) is 0 Å². The Bertz CT molecular complexity index is 1120. The van der Waals surface area contributed by atoms with E-state index in [0.29, 0.717) is 22.5 Å². The SMILES string of the molecule is Cc1nc(N)ncc1-c1ccc(Cl)c(S(=O)(=O)Nc2ccccc2)c1.Cl.N=C(N)N. The van der Waals surface area contributed by atoms with E-state index in [1.165, 1.54) is 12.1 Å². The van der Waals surface area contributed by atoms with Gasteiger partial charge in [0.1, 0.15) is 4.90 Å². The molecule has 1 aromatic heterocycles. The van der Waals surface area contributed by atoms with Crippen LogP contribution < -0.4 is 21.9 Å². The summed E-state index contributed by atoms with van der Waals surface area (Å²) in [6, 6.07) is 13.3. The van der Waals surface area contributed by atoms with Gasteiger partial charge in [-0.1, -0.05) is 35.9 Å². The largest absolute Gasteiger partial charge is 0.370 e. The maximum atomic E-state index is 12.7. The summed E-state index contributed by atoms with van der Waals surface area (Å²) in [6.07, 6.45) is 1.56. The summed E-state index contributed by atoms with van der Waals surface area (Å²) >= 11 is 6.13. The molecule has 0 aliphatic heterocycles. The number of aryl methyl sites for hydroxylation is 1. The molecule has 0 unspecified atom stereocenters. The van der Waals surface area contributed by atoms with Crippen LogP contribution in [0.2, 0.25) is 5.02 Å². The van der Waals surface area contributed by atoms with Crippen LogP contribution in [0.15, 0.2) is 59.6 Å². The van der Waals surface area contributed by atoms with E-state index in [-0.39, 0.29) is 34.2 Å². The van der Waals surface area contributed by atoms with Gasteiger partial charge in [-0.3, -0.25) is 10.1 Å². The molecule has 0 saturated carbocycles. The summed E-state index contributed by atoms with van der Waals surface area (Å²) in [4.78, 5) is 8.05. The van der Waals surface area contributed by atoms with Crippen LogP contribution >= 0.6 is 24.0 Å². The Kier molecular flexibility index (Phi) is 8.84. The minimum Gasteiger partial charge on any atom is -0.370 e. The quantitative estimate of drug-likeness (QED) is 0.288. The Morgan fingerprint density at radius 1 is 1.13 bits per heavy atom. The monoisotopic (exact) mass is 469 g/mol. The molecule has 0 fully saturated rings. The van der Waals surface area contributed by atoms with Gasteiger partial charge >= 0.3 is 0 Å². The minimum absolute atomic E-state index is 0. The summed E-state index contributed by atoms with van der Waals surface area (Å²) in [7, 11) is -3.84. The van der Waals surface area contributed by atoms with Gasteiger partial charge in [-0.05, 0) is 36.8 Å². The summed E-state index contributed by atoms with van der Waals surface area (Å²) in [5, 5.41) is 6.18. The van der Waals surface area contributed by atoms with Crippen molar-refractivity contribution in [3.8, 4) is 11.1 Å². The molecular weight excluding hydrogens is 449 g/mol. The van der Waals surface area contributed by atoms with Gasteiger partial charge in [-0.15, -0.1) is 12.4 Å². The lowest BCUT2D eigenvalue weighted by molar-refractivity contribution is 0.601. The highest BCUT2D eigenvalue weighted by molar-refractivity contribution is 7.92. The van der Waals surface area contributed by atoms with Crippen LogP contribution in [0.1, 0.15) is 5.69 Å². The number of aromatic nitrogens is 2. The third-order valence-corrected chi connectivity index (χ3v) is 5.42. The van der Waals surface area contributed by atoms with Crippen LogP contribution in [0.25, 0.3) is 11.1 Å². The average molecular weight is 470 g/mol. The van der Waals surface area contributed by atoms with Gasteiger partial charge in [-0.25, -0.2) is 18.4 Å². The number of rotatable bonds is 4. The van der Waals surface area contributed by atoms with Crippen LogP contribution in [-0.2, 0) is 10.0 Å². The van der Waals surface area contributed by atoms with E-state index < -0.39 is 10.0 Å². The molecule has 0 amide bonds. The number of nitrogens with two attached hydrogens (primary N) is 3. The fourth-order valence-corrected chi connectivity index (χ4v) is 3.95. The summed E-state index contributed by atoms with van der Waals surface area (Å²) in [5.41, 5.74) is 16.9. The lowest BCUT2D eigenvalue weighted by Gasteiger charge is -2.12. The van der Waals surface area contributed by atoms with Crippen molar-refractivity contribution in [3.63, 3.8) is 0 Å². The molecule has 1 heterocycles. The Morgan fingerprint density at radius 2 is 1.73 bits per heavy atom. The molecule has 0 saturated heterocycles. The van der Waals surface area contributed by atoms with Crippen LogP contribution in [0.5, 0.6) is 0 Å². The molecule has 2 aromatic carbocycles. The van der Waals surface area contributed by atoms with Gasteiger partial charge in [0.05, 0.1) is 10.7 Å². The molecule has 0 spiro atoms. The van der Waals surface area contributed by atoms with E-state index in [0.717, 1.165) is 0 Å². The molecule has 8 N–H and O–H groups in total. The fourth-order valence-electron chi connectivity index (χ4n) is 2.36. The second-order valence-electron chi connectivity index (χ2n) is 5.80. The van der Waals surface area contributed by atoms with Gasteiger partial charge in [0.2, 0.25) is 5.95 Å². The van der Waals surface area contributed by atoms with E-state index in [2.05, 4.69) is 26.2 Å². The molecule has 3 rings (SSSR count). The zero-order valence-corrected chi connectivity index (χ0v) is 18.2. The second kappa shape index (κ2) is 10.6. The first kappa shape index (κ1) is 25.0. The number of sulfonamides is 1. The van der Waals surface area contributed by atoms with Gasteiger partial charge in [0.25, 0.3) is 10.0 Å². The first-order valence-electron chi connectivity index (χ1n) is 8.16. The summed E-state index contributed by atoms with van der Waals surface area (Å²) in [5.74, 6) is -0.172. The average Bonchev–Trinajstić information content (AvgIpc) is 2.62. The Labute approximate surface area is 185 Å². The van der Waals surface area contributed by atoms with E-state index in [1.54, 1.807) is 49.5 Å². The Morgan fingerprint density at radius 3 is 2.30 bits per heavy atom. The molecule has 160 valence electrons. The number of guanidine groups is 1. The van der Waals surface area contributed by atoms with Crippen LogP contribution in [-0.4, -0.2) is 24.3 Å². The summed E-state index contributed by atoms with van der Waals surface area (Å²) in [6.45, 7) is 1.78. The van der Waals surface area contributed by atoms with Crippen molar-refractivity contribution in [2.24, 2.45) is 11.5 Å². The van der Waals surface area contributed by atoms with Gasteiger partial charge < -0.3 is 17.2 Å². The number of para-hydroxylation sites is 1. The Hall–Kier alpha value is -3.08. The predicted molar refractivity (Wildman–Crippen MR) is 122 cm³/mol. The van der Waals surface area contributed by atoms with Crippen molar-refractivity contribution in [1.82, 2.24) is 9.97 Å². The van der Waals surface area contributed by atoms with Crippen molar-refractivity contribution in [1.29, 1.82) is 5.41 Å². The molecule has 3 aromatic rings. The van der Waals surface area contributed by atoms with E-state index in [4.69, 9.17) is 22.7 Å². The lowest BCUT2D eigenvalue weighted by Crippen LogP contribution is -2.20. The molecule has 0 radical (unpaired) electrons. The first-order valence-corrected chi connectivity index (χ1v) is 10.0. The van der Waals surface area contributed by atoms with Crippen LogP contribution in [0, 0.1) is 12.3 Å². The number of halogens is 2. The number of hydrogen-bond donors (Lipinski definition) is 5. The van der Waals surface area contributed by atoms with Crippen molar-refractivity contribution in [2.45, 2.75) is 11.8 Å². The van der Waals surface area contributed by atoms with Gasteiger partial charge in [0.15, 0.2) is 5.96 Å². The Balaban J connectivity index is 0.000000827. The highest BCUT2D eigenvalue weighted by Crippen LogP contribution is 2.30. The maximum absolute atomic E-state index is 12.7. The zero-order chi connectivity index (χ0) is 21.6. The van der Waals surface area contributed by atoms with E-state index in [9.17, 15) is 8.42 Å². The molecule has 12 heteroatoms. The first-order chi connectivity index (χ1) is 13.6. The zero-order valence-electron chi connectivity index (χ0n) is 15.8. The molecule has 30 heavy (non-hydrogen) atoms. The molecular formula is C18H21Cl2N7O2S. The highest BCUT2D eigenvalue weighted by atomic mass is 35.5. The number of hydrogen-bond acceptors (Lipinski definition) is 6. The minimum atomic E-state index is -3.84. The third-order valence-electron chi connectivity index (χ3n) is 3.56. The normalized spacial score (nSPS) is 10.2. The molecule has 0 aliphatic rings. The lowest BCUT2D eigenvalue weighted by atomic mass is 10.1. The smallest absolute Gasteiger partial charge is 0.263 e. The van der Waals surface area contributed by atoms with E-state index in [1.807, 2.05) is 0 Å². The van der Waals surface area contributed by atoms with Gasteiger partial charge in [0, 0.05) is 17.4 Å². The highest BCUT2D eigenvalue weighted by Gasteiger charge is 2.19. The van der Waals surface area contributed by atoms with Crippen molar-refractivity contribution in [2.75, 3.05) is 10.5 Å². The maximum Gasteiger partial charge on any atom is 0.263 e. The van der Waals surface area contributed by atoms with Crippen molar-refractivity contribution >= 4 is 51.6 Å². The number of benzene rings is 2. The number of anilines is 2. The molecule has 0 atom stereocenters. The van der Waals surface area contributed by atoms with Crippen LogP contribution in [0.4, 0.5) is 11.6 Å². The number of nitrogens with one attached hydrogen (secondary N) is 2. The van der Waals surface area contributed by atoms with E-state index >= 15 is 0 Å². The number of nitrogen functional groups attached to an aromatic ring is 1. The molecule has 9 nitrogen and oxygen atoms in total. The third kappa shape index (κ3) is 6.76. The second-order valence-corrected chi connectivity index (χ2v) is 7.86. The topological polar surface area (TPSA) is 174 Å².